The molecule has 0 aromatic rings. The molecule has 5 N–H and O–H groups in total. The summed E-state index contributed by atoms with van der Waals surface area (Å²) in [5, 5.41) is 11.1. The number of carboxylic acids is 1. The monoisotopic (exact) mass is 230 g/mol. The van der Waals surface area contributed by atoms with Crippen LogP contribution in [0.1, 0.15) is 20.8 Å². The van der Waals surface area contributed by atoms with Gasteiger partial charge in [-0.1, -0.05) is 0 Å². The van der Waals surface area contributed by atoms with E-state index in [4.69, 9.17) is 10.9 Å². The molecule has 1 atom stereocenters. The van der Waals surface area contributed by atoms with Crippen LogP contribution in [0.15, 0.2) is 0 Å². The third-order valence-corrected chi connectivity index (χ3v) is 2.68. The number of nitrogens with zero attached hydrogens (tertiary/aromatic N) is 1. The van der Waals surface area contributed by atoms with Crippen LogP contribution in [-0.4, -0.2) is 39.1 Å². The van der Waals surface area contributed by atoms with Crippen LogP contribution in [0.3, 0.4) is 0 Å². The lowest BCUT2D eigenvalue weighted by molar-refractivity contribution is -0.154. The lowest BCUT2D eigenvalue weighted by Crippen LogP contribution is -2.69. The summed E-state index contributed by atoms with van der Waals surface area (Å²) in [7, 11) is 0. The predicted molar refractivity (Wildman–Crippen MR) is 52.8 cm³/mol. The zero-order chi connectivity index (χ0) is 12.7. The van der Waals surface area contributed by atoms with Crippen LogP contribution in [0, 0.1) is 0 Å². The fraction of sp³-hybridized carbons (Fsp3) is 0.625. The first-order valence-electron chi connectivity index (χ1n) is 4.55. The second kappa shape index (κ2) is 3.42. The highest BCUT2D eigenvalue weighted by atomic mass is 16.4. The Balaban J connectivity index is 3.26. The normalized spacial score (nSPS) is 22.9. The summed E-state index contributed by atoms with van der Waals surface area (Å²) in [6.45, 7) is 4.08. The number of hydrogen-bond donors (Lipinski definition) is 4. The van der Waals surface area contributed by atoms with Crippen molar-refractivity contribution in [1.29, 1.82) is 0 Å². The number of aliphatic carboxylic acids is 1. The van der Waals surface area contributed by atoms with Crippen molar-refractivity contribution >= 4 is 17.9 Å². The number of imide groups is 1. The maximum Gasteiger partial charge on any atom is 0.345 e. The molecule has 0 aromatic carbocycles. The van der Waals surface area contributed by atoms with Crippen LogP contribution in [0.2, 0.25) is 0 Å². The number of hydrazine groups is 1. The summed E-state index contributed by atoms with van der Waals surface area (Å²) in [5.41, 5.74) is -1.09. The highest BCUT2D eigenvalue weighted by Gasteiger charge is 2.56. The Hall–Kier alpha value is -1.67. The van der Waals surface area contributed by atoms with Crippen LogP contribution in [0.25, 0.3) is 0 Å². The van der Waals surface area contributed by atoms with Crippen LogP contribution >= 0.6 is 0 Å². The maximum absolute atomic E-state index is 11.5. The molecule has 1 heterocycles. The Bertz CT molecular complexity index is 367. The molecular formula is C8H14N4O4. The molecule has 0 aliphatic carbocycles. The highest BCUT2D eigenvalue weighted by Crippen LogP contribution is 2.28. The number of carbonyl (C=O) groups is 3. The van der Waals surface area contributed by atoms with E-state index in [0.29, 0.717) is 0 Å². The van der Waals surface area contributed by atoms with E-state index in [-0.39, 0.29) is 0 Å². The van der Waals surface area contributed by atoms with Crippen LogP contribution in [-0.2, 0) is 9.59 Å². The maximum atomic E-state index is 11.5. The third kappa shape index (κ3) is 1.42. The minimum atomic E-state index is -1.85. The summed E-state index contributed by atoms with van der Waals surface area (Å²) in [6, 6.07) is -0.794. The molecule has 1 fully saturated rings. The van der Waals surface area contributed by atoms with Crippen LogP contribution < -0.4 is 16.6 Å². The third-order valence-electron chi connectivity index (χ3n) is 2.68. The van der Waals surface area contributed by atoms with Gasteiger partial charge in [0.1, 0.15) is 5.54 Å². The van der Waals surface area contributed by atoms with Gasteiger partial charge in [-0.3, -0.25) is 20.9 Å². The number of urea groups is 1. The molecule has 1 unspecified atom stereocenters. The molecule has 0 radical (unpaired) electrons. The molecule has 0 spiro atoms. The van der Waals surface area contributed by atoms with Gasteiger partial charge in [0.25, 0.3) is 5.91 Å². The average molecular weight is 230 g/mol. The van der Waals surface area contributed by atoms with Gasteiger partial charge in [-0.2, -0.15) is 0 Å². The van der Waals surface area contributed by atoms with E-state index in [2.05, 4.69) is 0 Å². The number of nitrogens with one attached hydrogen (secondary N) is 2. The summed E-state index contributed by atoms with van der Waals surface area (Å²) < 4.78 is 0. The molecule has 8 nitrogen and oxygen atoms in total. The Morgan fingerprint density at radius 2 is 2.06 bits per heavy atom. The van der Waals surface area contributed by atoms with Gasteiger partial charge in [-0.05, 0) is 20.8 Å². The molecule has 0 aromatic heterocycles. The Morgan fingerprint density at radius 3 is 2.31 bits per heavy atom. The van der Waals surface area contributed by atoms with E-state index in [9.17, 15) is 14.4 Å². The van der Waals surface area contributed by atoms with Gasteiger partial charge < -0.3 is 5.11 Å². The molecule has 1 saturated heterocycles. The van der Waals surface area contributed by atoms with E-state index in [0.717, 1.165) is 4.90 Å². The summed E-state index contributed by atoms with van der Waals surface area (Å²) in [5.74, 6) is 3.23. The van der Waals surface area contributed by atoms with Crippen molar-refractivity contribution in [3.05, 3.63) is 0 Å². The predicted octanol–water partition coefficient (Wildman–Crippen LogP) is -1.42. The Morgan fingerprint density at radius 1 is 1.56 bits per heavy atom. The first-order chi connectivity index (χ1) is 7.17. The Kier molecular flexibility index (Phi) is 2.65. The quantitative estimate of drug-likeness (QED) is 0.268. The van der Waals surface area contributed by atoms with E-state index in [1.165, 1.54) is 20.8 Å². The minimum Gasteiger partial charge on any atom is -0.478 e. The van der Waals surface area contributed by atoms with Crippen LogP contribution in [0.5, 0.6) is 0 Å². The lowest BCUT2D eigenvalue weighted by atomic mass is 9.99. The minimum absolute atomic E-state index is 0.569. The molecule has 1 rings (SSSR count). The molecule has 1 aliphatic rings. The first kappa shape index (κ1) is 12.4. The number of nitrogens with two attached hydrogens (primary N) is 1. The topological polar surface area (TPSA) is 125 Å². The molecule has 1 aliphatic heterocycles. The fourth-order valence-electron chi connectivity index (χ4n) is 1.65. The van der Waals surface area contributed by atoms with Crippen molar-refractivity contribution in [3.8, 4) is 0 Å². The van der Waals surface area contributed by atoms with E-state index in [1.807, 2.05) is 10.7 Å². The number of carbonyl (C=O) groups excluding carboxylic acids is 2. The van der Waals surface area contributed by atoms with Crippen molar-refractivity contribution in [2.75, 3.05) is 0 Å². The van der Waals surface area contributed by atoms with Gasteiger partial charge in [-0.25, -0.2) is 15.0 Å². The number of amides is 3. The number of rotatable bonds is 3. The van der Waals surface area contributed by atoms with Crippen molar-refractivity contribution in [2.24, 2.45) is 5.84 Å². The van der Waals surface area contributed by atoms with E-state index in [1.54, 1.807) is 0 Å². The zero-order valence-corrected chi connectivity index (χ0v) is 9.20. The SMILES string of the molecule is CC1(C)C(=O)NC(=O)N1C(C)(NN)C(=O)O. The van der Waals surface area contributed by atoms with Crippen molar-refractivity contribution in [3.63, 3.8) is 0 Å². The van der Waals surface area contributed by atoms with E-state index >= 15 is 0 Å². The molecule has 90 valence electrons. The van der Waals surface area contributed by atoms with Crippen molar-refractivity contribution in [2.45, 2.75) is 32.0 Å². The van der Waals surface area contributed by atoms with Gasteiger partial charge in [0.15, 0.2) is 0 Å². The fourth-order valence-corrected chi connectivity index (χ4v) is 1.65. The largest absolute Gasteiger partial charge is 0.478 e. The molecule has 0 bridgehead atoms. The summed E-state index contributed by atoms with van der Waals surface area (Å²) >= 11 is 0. The second-order valence-electron chi connectivity index (χ2n) is 4.18. The van der Waals surface area contributed by atoms with Gasteiger partial charge in [0.05, 0.1) is 0 Å². The molecule has 0 saturated carbocycles. The molecule has 16 heavy (non-hydrogen) atoms. The van der Waals surface area contributed by atoms with Gasteiger partial charge in [-0.15, -0.1) is 0 Å². The zero-order valence-electron chi connectivity index (χ0n) is 9.20. The number of hydrogen-bond acceptors (Lipinski definition) is 5. The summed E-state index contributed by atoms with van der Waals surface area (Å²) in [4.78, 5) is 35.0. The molecular weight excluding hydrogens is 216 g/mol. The standard InChI is InChI=1S/C8H14N4O4/c1-7(2)4(13)10-6(16)12(7)8(3,11-9)5(14)15/h11H,9H2,1-3H3,(H,14,15)(H,10,13,16). The van der Waals surface area contributed by atoms with Crippen LogP contribution in [0.4, 0.5) is 4.79 Å². The van der Waals surface area contributed by atoms with Crippen molar-refractivity contribution < 1.29 is 19.5 Å². The molecule has 3 amide bonds. The summed E-state index contributed by atoms with van der Waals surface area (Å²) in [6.07, 6.45) is 0. The van der Waals surface area contributed by atoms with Crippen molar-refractivity contribution in [1.82, 2.24) is 15.6 Å². The smallest absolute Gasteiger partial charge is 0.345 e. The van der Waals surface area contributed by atoms with E-state index < -0.39 is 29.1 Å². The average Bonchev–Trinajstić information content (AvgIpc) is 2.35. The second-order valence-corrected chi connectivity index (χ2v) is 4.18. The lowest BCUT2D eigenvalue weighted by Gasteiger charge is -2.40. The number of carboxylic acid groups (broad SMARTS) is 1. The molecule has 8 heteroatoms. The Labute approximate surface area is 91.7 Å². The van der Waals surface area contributed by atoms with Gasteiger partial charge in [0, 0.05) is 0 Å². The first-order valence-corrected chi connectivity index (χ1v) is 4.55. The van der Waals surface area contributed by atoms with Gasteiger partial charge >= 0.3 is 12.0 Å². The van der Waals surface area contributed by atoms with Gasteiger partial charge in [0.2, 0.25) is 5.66 Å². The highest BCUT2D eigenvalue weighted by molar-refractivity contribution is 6.08.